The summed E-state index contributed by atoms with van der Waals surface area (Å²) in [7, 11) is 0. The zero-order valence-electron chi connectivity index (χ0n) is 24.2. The van der Waals surface area contributed by atoms with Crippen molar-refractivity contribution in [2.24, 2.45) is 16.8 Å². The van der Waals surface area contributed by atoms with E-state index >= 15 is 0 Å². The molecule has 2 aliphatic carbocycles. The van der Waals surface area contributed by atoms with E-state index in [2.05, 4.69) is 93.3 Å². The summed E-state index contributed by atoms with van der Waals surface area (Å²) in [5, 5.41) is 13.8. The van der Waals surface area contributed by atoms with Crippen LogP contribution in [0.15, 0.2) is 78.1 Å². The van der Waals surface area contributed by atoms with Crippen molar-refractivity contribution in [3.05, 3.63) is 84.4 Å². The van der Waals surface area contributed by atoms with Gasteiger partial charge in [-0.15, -0.1) is 0 Å². The van der Waals surface area contributed by atoms with Crippen molar-refractivity contribution in [2.45, 2.75) is 75.7 Å². The Morgan fingerprint density at radius 1 is 0.810 bits per heavy atom. The predicted octanol–water partition coefficient (Wildman–Crippen LogP) is 7.18. The number of hydrogen-bond acceptors (Lipinski definition) is 5. The number of fused-ring (bicyclic) bond motifs is 3. The fourth-order valence-electron chi connectivity index (χ4n) is 8.20. The van der Waals surface area contributed by atoms with Crippen molar-refractivity contribution < 1.29 is 0 Å². The Kier molecular flexibility index (Phi) is 6.69. The van der Waals surface area contributed by atoms with Gasteiger partial charge in [-0.2, -0.15) is 0 Å². The Morgan fingerprint density at radius 2 is 1.50 bits per heavy atom. The lowest BCUT2D eigenvalue weighted by Crippen LogP contribution is -2.39. The smallest absolute Gasteiger partial charge is 0.123 e. The van der Waals surface area contributed by atoms with Crippen LogP contribution in [0.2, 0.25) is 0 Å². The van der Waals surface area contributed by atoms with E-state index in [-0.39, 0.29) is 0 Å². The summed E-state index contributed by atoms with van der Waals surface area (Å²) in [4.78, 5) is 12.5. The molecule has 4 fully saturated rings. The SMILES string of the molecule is C=N/C=C(\NC1C[C@@H]2CCC[C@@H]2N1)c1ccc(-c2ccc3cc(-c4cnc([C@@H]5C[C@@H]6CCC[C@@H]6N5)[nH]4)ccc3c2)cc1. The minimum absolute atomic E-state index is 0.297. The Balaban J connectivity index is 0.972. The first-order valence-corrected chi connectivity index (χ1v) is 15.8. The van der Waals surface area contributed by atoms with Crippen molar-refractivity contribution >= 4 is 23.2 Å². The average Bonchev–Trinajstić information content (AvgIpc) is 3.83. The van der Waals surface area contributed by atoms with Crippen molar-refractivity contribution in [1.29, 1.82) is 0 Å². The molecule has 3 heterocycles. The van der Waals surface area contributed by atoms with Gasteiger partial charge in [0.15, 0.2) is 0 Å². The molecular weight excluding hydrogens is 516 g/mol. The molecule has 2 saturated carbocycles. The predicted molar refractivity (Wildman–Crippen MR) is 172 cm³/mol. The Bertz CT molecular complexity index is 1610. The molecule has 4 aliphatic rings. The maximum atomic E-state index is 4.77. The van der Waals surface area contributed by atoms with Crippen LogP contribution in [0.1, 0.15) is 68.8 Å². The van der Waals surface area contributed by atoms with E-state index in [4.69, 9.17) is 4.98 Å². The summed E-state index contributed by atoms with van der Waals surface area (Å²) in [6.07, 6.45) is 14.6. The molecule has 4 N–H and O–H groups in total. The standard InChI is InChI=1S/C36H40N6/c1-37-20-33(41-35-19-28-5-3-7-31(28)40-35)23-10-8-22(9-11-23)24-12-13-26-17-29(15-14-25(26)16-24)34-21-38-36(42-34)32-18-27-4-2-6-30(27)39-32/h8-17,20-21,27-28,30-32,35,39-41H,1-7,18-19H2,(H,38,42)/b33-20-/t27-,28-,30-,31-,32-,35?/m0/s1. The lowest BCUT2D eigenvalue weighted by Gasteiger charge is -2.19. The third-order valence-corrected chi connectivity index (χ3v) is 10.4. The van der Waals surface area contributed by atoms with Gasteiger partial charge in [-0.1, -0.05) is 61.4 Å². The third-order valence-electron chi connectivity index (χ3n) is 10.4. The molecule has 1 unspecified atom stereocenters. The maximum absolute atomic E-state index is 4.77. The van der Waals surface area contributed by atoms with E-state index < -0.39 is 0 Å². The molecule has 0 spiro atoms. The highest BCUT2D eigenvalue weighted by molar-refractivity contribution is 5.90. The Labute approximate surface area is 248 Å². The number of hydrogen-bond donors (Lipinski definition) is 4. The molecule has 6 nitrogen and oxygen atoms in total. The van der Waals surface area contributed by atoms with E-state index in [0.717, 1.165) is 34.6 Å². The quantitative estimate of drug-likeness (QED) is 0.182. The number of aromatic nitrogens is 2. The summed E-state index contributed by atoms with van der Waals surface area (Å²) < 4.78 is 0. The molecular formula is C36H40N6. The van der Waals surface area contributed by atoms with Crippen molar-refractivity contribution in [2.75, 3.05) is 0 Å². The van der Waals surface area contributed by atoms with Gasteiger partial charge in [0.05, 0.1) is 29.8 Å². The van der Waals surface area contributed by atoms with E-state index in [0.29, 0.717) is 24.3 Å². The highest BCUT2D eigenvalue weighted by atomic mass is 15.2. The zero-order chi connectivity index (χ0) is 28.0. The Morgan fingerprint density at radius 3 is 2.24 bits per heavy atom. The van der Waals surface area contributed by atoms with Gasteiger partial charge in [-0.25, -0.2) is 4.98 Å². The molecule has 2 aliphatic heterocycles. The van der Waals surface area contributed by atoms with E-state index in [1.165, 1.54) is 78.8 Å². The summed E-state index contributed by atoms with van der Waals surface area (Å²) >= 11 is 0. The lowest BCUT2D eigenvalue weighted by atomic mass is 9.98. The van der Waals surface area contributed by atoms with Crippen molar-refractivity contribution in [1.82, 2.24) is 25.9 Å². The molecule has 1 aromatic heterocycles. The molecule has 0 amide bonds. The minimum atomic E-state index is 0.297. The first-order chi connectivity index (χ1) is 20.7. The first kappa shape index (κ1) is 25.9. The number of aliphatic imine (C=N–C) groups is 1. The van der Waals surface area contributed by atoms with E-state index in [1.54, 1.807) is 0 Å². The van der Waals surface area contributed by atoms with Crippen LogP contribution in [0.25, 0.3) is 38.9 Å². The Hall–Kier alpha value is -3.74. The highest BCUT2D eigenvalue weighted by Crippen LogP contribution is 2.40. The maximum Gasteiger partial charge on any atom is 0.123 e. The van der Waals surface area contributed by atoms with E-state index in [1.807, 2.05) is 12.4 Å². The van der Waals surface area contributed by atoms with Crippen LogP contribution < -0.4 is 16.0 Å². The van der Waals surface area contributed by atoms with Gasteiger partial charge in [0.2, 0.25) is 0 Å². The van der Waals surface area contributed by atoms with Gasteiger partial charge in [0.1, 0.15) is 5.82 Å². The number of imidazole rings is 1. The van der Waals surface area contributed by atoms with Crippen LogP contribution in [0, 0.1) is 11.8 Å². The number of nitrogens with zero attached hydrogens (tertiary/aromatic N) is 2. The minimum Gasteiger partial charge on any atom is -0.368 e. The van der Waals surface area contributed by atoms with Gasteiger partial charge >= 0.3 is 0 Å². The fourth-order valence-corrected chi connectivity index (χ4v) is 8.20. The first-order valence-electron chi connectivity index (χ1n) is 15.8. The van der Waals surface area contributed by atoms with Gasteiger partial charge < -0.3 is 15.6 Å². The number of rotatable bonds is 7. The van der Waals surface area contributed by atoms with Gasteiger partial charge in [-0.05, 0) is 96.7 Å². The molecule has 6 heteroatoms. The van der Waals surface area contributed by atoms with Gasteiger partial charge in [0.25, 0.3) is 0 Å². The van der Waals surface area contributed by atoms with Crippen LogP contribution in [0.5, 0.6) is 0 Å². The molecule has 3 aromatic carbocycles. The van der Waals surface area contributed by atoms with Crippen molar-refractivity contribution in [3.63, 3.8) is 0 Å². The molecule has 2 saturated heterocycles. The highest BCUT2D eigenvalue weighted by Gasteiger charge is 2.38. The van der Waals surface area contributed by atoms with Crippen LogP contribution in [0.3, 0.4) is 0 Å². The molecule has 8 rings (SSSR count). The molecule has 214 valence electrons. The second-order valence-electron chi connectivity index (χ2n) is 12.9. The number of nitrogens with one attached hydrogen (secondary N) is 4. The third kappa shape index (κ3) is 4.87. The number of H-pyrrole nitrogens is 1. The fraction of sp³-hybridized carbons (Fsp3) is 0.389. The summed E-state index contributed by atoms with van der Waals surface area (Å²) in [5.41, 5.74) is 6.84. The van der Waals surface area contributed by atoms with Crippen LogP contribution >= 0.6 is 0 Å². The second-order valence-corrected chi connectivity index (χ2v) is 12.9. The summed E-state index contributed by atoms with van der Waals surface area (Å²) in [5.74, 6) is 2.71. The van der Waals surface area contributed by atoms with Gasteiger partial charge in [0, 0.05) is 23.8 Å². The number of benzene rings is 3. The second kappa shape index (κ2) is 10.8. The van der Waals surface area contributed by atoms with Crippen LogP contribution in [-0.4, -0.2) is 34.9 Å². The average molecular weight is 557 g/mol. The lowest BCUT2D eigenvalue weighted by molar-refractivity contribution is 0.500. The molecule has 4 aromatic rings. The van der Waals surface area contributed by atoms with Crippen LogP contribution in [0.4, 0.5) is 0 Å². The van der Waals surface area contributed by atoms with Crippen LogP contribution in [-0.2, 0) is 0 Å². The normalized spacial score (nSPS) is 28.7. The van der Waals surface area contributed by atoms with Crippen molar-refractivity contribution in [3.8, 4) is 22.4 Å². The van der Waals surface area contributed by atoms with E-state index in [9.17, 15) is 0 Å². The molecule has 0 bridgehead atoms. The largest absolute Gasteiger partial charge is 0.368 e. The summed E-state index contributed by atoms with van der Waals surface area (Å²) in [6, 6.07) is 23.9. The molecule has 0 radical (unpaired) electrons. The summed E-state index contributed by atoms with van der Waals surface area (Å²) in [6.45, 7) is 3.71. The van der Waals surface area contributed by atoms with Gasteiger partial charge in [-0.3, -0.25) is 10.3 Å². The number of aromatic amines is 1. The monoisotopic (exact) mass is 556 g/mol. The topological polar surface area (TPSA) is 77.1 Å². The molecule has 42 heavy (non-hydrogen) atoms. The zero-order valence-corrected chi connectivity index (χ0v) is 24.2. The molecule has 6 atom stereocenters.